The van der Waals surface area contributed by atoms with E-state index < -0.39 is 17.7 Å². The van der Waals surface area contributed by atoms with Gasteiger partial charge < -0.3 is 24.6 Å². The SMILES string of the molecule is C[C@@H]1Cc2cc(C(O)=C3C(=O)C(=O)N(C[C@H]4CCCO4)[C@H]3c3ccc(O)cc3)ccc2O1. The molecule has 0 spiro atoms. The van der Waals surface area contributed by atoms with Crippen molar-refractivity contribution in [1.82, 2.24) is 4.90 Å². The minimum Gasteiger partial charge on any atom is -0.508 e. The van der Waals surface area contributed by atoms with Gasteiger partial charge in [-0.2, -0.15) is 0 Å². The fourth-order valence-electron chi connectivity index (χ4n) is 4.80. The summed E-state index contributed by atoms with van der Waals surface area (Å²) in [4.78, 5) is 27.6. The van der Waals surface area contributed by atoms with E-state index in [-0.39, 0.29) is 35.8 Å². The van der Waals surface area contributed by atoms with Crippen molar-refractivity contribution in [3.05, 3.63) is 64.7 Å². The normalized spacial score (nSPS) is 26.4. The van der Waals surface area contributed by atoms with Crippen LogP contribution in [-0.2, 0) is 20.7 Å². The Bertz CT molecular complexity index is 1100. The van der Waals surface area contributed by atoms with E-state index in [1.165, 1.54) is 17.0 Å². The van der Waals surface area contributed by atoms with E-state index in [2.05, 4.69) is 0 Å². The zero-order valence-electron chi connectivity index (χ0n) is 17.8. The number of rotatable bonds is 4. The molecule has 1 amide bonds. The highest BCUT2D eigenvalue weighted by Gasteiger charge is 2.47. The summed E-state index contributed by atoms with van der Waals surface area (Å²) in [7, 11) is 0. The van der Waals surface area contributed by atoms with Crippen molar-refractivity contribution >= 4 is 17.4 Å². The summed E-state index contributed by atoms with van der Waals surface area (Å²) in [6.45, 7) is 2.87. The van der Waals surface area contributed by atoms with Gasteiger partial charge in [-0.3, -0.25) is 9.59 Å². The minimum atomic E-state index is -0.761. The van der Waals surface area contributed by atoms with E-state index in [4.69, 9.17) is 9.47 Å². The van der Waals surface area contributed by atoms with Gasteiger partial charge in [0.2, 0.25) is 0 Å². The second kappa shape index (κ2) is 7.98. The van der Waals surface area contributed by atoms with Crippen molar-refractivity contribution in [2.24, 2.45) is 0 Å². The van der Waals surface area contributed by atoms with Gasteiger partial charge in [-0.05, 0) is 61.2 Å². The number of ketones is 1. The first-order chi connectivity index (χ1) is 15.4. The van der Waals surface area contributed by atoms with Crippen LogP contribution in [0.25, 0.3) is 5.76 Å². The molecular weight excluding hydrogens is 410 g/mol. The molecule has 0 unspecified atom stereocenters. The Morgan fingerprint density at radius 1 is 1.16 bits per heavy atom. The van der Waals surface area contributed by atoms with Crippen LogP contribution in [0.1, 0.15) is 42.5 Å². The number of likely N-dealkylation sites (tertiary alicyclic amines) is 1. The first-order valence-corrected chi connectivity index (χ1v) is 10.9. The number of hydrogen-bond donors (Lipinski definition) is 2. The monoisotopic (exact) mass is 435 g/mol. The number of ether oxygens (including phenoxy) is 2. The number of benzene rings is 2. The fourth-order valence-corrected chi connectivity index (χ4v) is 4.80. The quantitative estimate of drug-likeness (QED) is 0.435. The van der Waals surface area contributed by atoms with Crippen molar-refractivity contribution < 1.29 is 29.3 Å². The predicted molar refractivity (Wildman–Crippen MR) is 116 cm³/mol. The van der Waals surface area contributed by atoms with Gasteiger partial charge in [0.05, 0.1) is 17.7 Å². The summed E-state index contributed by atoms with van der Waals surface area (Å²) >= 11 is 0. The van der Waals surface area contributed by atoms with Crippen LogP contribution in [0.4, 0.5) is 0 Å². The van der Waals surface area contributed by atoms with Crippen LogP contribution in [0, 0.1) is 0 Å². The Labute approximate surface area is 185 Å². The van der Waals surface area contributed by atoms with Gasteiger partial charge in [-0.1, -0.05) is 12.1 Å². The molecule has 0 aliphatic carbocycles. The van der Waals surface area contributed by atoms with Crippen molar-refractivity contribution in [1.29, 1.82) is 0 Å². The van der Waals surface area contributed by atoms with Gasteiger partial charge in [-0.25, -0.2) is 0 Å². The molecule has 0 aromatic heterocycles. The number of fused-ring (bicyclic) bond motifs is 1. The maximum atomic E-state index is 13.1. The van der Waals surface area contributed by atoms with Gasteiger partial charge in [-0.15, -0.1) is 0 Å². The molecule has 2 saturated heterocycles. The average molecular weight is 435 g/mol. The lowest BCUT2D eigenvalue weighted by Crippen LogP contribution is -2.36. The molecule has 0 radical (unpaired) electrons. The third kappa shape index (κ3) is 3.52. The molecule has 2 fully saturated rings. The third-order valence-electron chi connectivity index (χ3n) is 6.34. The van der Waals surface area contributed by atoms with E-state index >= 15 is 0 Å². The summed E-state index contributed by atoms with van der Waals surface area (Å²) in [6.07, 6.45) is 2.34. The van der Waals surface area contributed by atoms with Crippen molar-refractivity contribution in [2.75, 3.05) is 13.2 Å². The van der Waals surface area contributed by atoms with Crippen LogP contribution < -0.4 is 4.74 Å². The molecule has 2 aromatic carbocycles. The molecule has 2 aromatic rings. The Hall–Kier alpha value is -3.32. The first kappa shape index (κ1) is 20.6. The Morgan fingerprint density at radius 3 is 2.66 bits per heavy atom. The molecule has 3 aliphatic rings. The number of Topliss-reactive ketones (excluding diaryl/α,β-unsaturated/α-hetero) is 1. The number of aromatic hydroxyl groups is 1. The molecular formula is C25H25NO6. The number of phenols is 1. The lowest BCUT2D eigenvalue weighted by molar-refractivity contribution is -0.140. The number of phenolic OH excluding ortho intramolecular Hbond substituents is 1. The minimum absolute atomic E-state index is 0.0469. The number of hydrogen-bond acceptors (Lipinski definition) is 6. The predicted octanol–water partition coefficient (Wildman–Crippen LogP) is 3.32. The number of amides is 1. The Kier molecular flexibility index (Phi) is 5.13. The number of nitrogens with zero attached hydrogens (tertiary/aromatic N) is 1. The molecule has 2 N–H and O–H groups in total. The maximum absolute atomic E-state index is 13.1. The molecule has 7 heteroatoms. The zero-order chi connectivity index (χ0) is 22.4. The van der Waals surface area contributed by atoms with Crippen LogP contribution in [0.2, 0.25) is 0 Å². The van der Waals surface area contributed by atoms with Crippen molar-refractivity contribution in [2.45, 2.75) is 44.4 Å². The lowest BCUT2D eigenvalue weighted by Gasteiger charge is -2.27. The molecule has 0 bridgehead atoms. The molecule has 166 valence electrons. The van der Waals surface area contributed by atoms with Gasteiger partial charge in [0, 0.05) is 25.1 Å². The highest BCUT2D eigenvalue weighted by molar-refractivity contribution is 6.46. The van der Waals surface area contributed by atoms with Crippen LogP contribution >= 0.6 is 0 Å². The summed E-state index contributed by atoms with van der Waals surface area (Å²) in [5.41, 5.74) is 2.11. The molecule has 0 saturated carbocycles. The van der Waals surface area contributed by atoms with Gasteiger partial charge >= 0.3 is 0 Å². The fraction of sp³-hybridized carbons (Fsp3) is 0.360. The smallest absolute Gasteiger partial charge is 0.295 e. The molecule has 3 aliphatic heterocycles. The molecule has 32 heavy (non-hydrogen) atoms. The largest absolute Gasteiger partial charge is 0.508 e. The average Bonchev–Trinajstić information content (AvgIpc) is 3.48. The third-order valence-corrected chi connectivity index (χ3v) is 6.34. The number of aliphatic hydroxyl groups is 1. The highest BCUT2D eigenvalue weighted by atomic mass is 16.5. The Balaban J connectivity index is 1.59. The van der Waals surface area contributed by atoms with Crippen LogP contribution in [0.15, 0.2) is 48.0 Å². The molecule has 3 heterocycles. The van der Waals surface area contributed by atoms with E-state index in [0.29, 0.717) is 24.2 Å². The summed E-state index contributed by atoms with van der Waals surface area (Å²) < 4.78 is 11.4. The van der Waals surface area contributed by atoms with E-state index in [1.807, 2.05) is 13.0 Å². The van der Waals surface area contributed by atoms with Crippen LogP contribution in [0.5, 0.6) is 11.5 Å². The second-order valence-electron chi connectivity index (χ2n) is 8.63. The van der Waals surface area contributed by atoms with Gasteiger partial charge in [0.1, 0.15) is 23.4 Å². The number of aliphatic hydroxyl groups excluding tert-OH is 1. The molecule has 3 atom stereocenters. The maximum Gasteiger partial charge on any atom is 0.295 e. The Morgan fingerprint density at radius 2 is 1.94 bits per heavy atom. The first-order valence-electron chi connectivity index (χ1n) is 10.9. The zero-order valence-corrected chi connectivity index (χ0v) is 17.8. The number of carbonyl (C=O) groups is 2. The lowest BCUT2D eigenvalue weighted by atomic mass is 9.94. The van der Waals surface area contributed by atoms with Crippen LogP contribution in [-0.4, -0.2) is 52.2 Å². The van der Waals surface area contributed by atoms with E-state index in [9.17, 15) is 19.8 Å². The highest BCUT2D eigenvalue weighted by Crippen LogP contribution is 2.41. The second-order valence-corrected chi connectivity index (χ2v) is 8.63. The molecule has 7 nitrogen and oxygen atoms in total. The summed E-state index contributed by atoms with van der Waals surface area (Å²) in [5.74, 6) is -0.735. The van der Waals surface area contributed by atoms with E-state index in [1.54, 1.807) is 24.3 Å². The summed E-state index contributed by atoms with van der Waals surface area (Å²) in [6, 6.07) is 10.9. The topological polar surface area (TPSA) is 96.3 Å². The van der Waals surface area contributed by atoms with Gasteiger partial charge in [0.15, 0.2) is 0 Å². The van der Waals surface area contributed by atoms with Crippen molar-refractivity contribution in [3.63, 3.8) is 0 Å². The summed E-state index contributed by atoms with van der Waals surface area (Å²) in [5, 5.41) is 21.0. The van der Waals surface area contributed by atoms with E-state index in [0.717, 1.165) is 24.2 Å². The standard InChI is InChI=1S/C25H25NO6/c1-14-11-17-12-16(6-9-20(17)32-14)23(28)21-22(15-4-7-18(27)8-5-15)26(25(30)24(21)29)13-19-3-2-10-31-19/h4-9,12,14,19,22,27-28H,2-3,10-11,13H2,1H3/t14-,19-,22+/m1/s1. The van der Waals surface area contributed by atoms with Crippen molar-refractivity contribution in [3.8, 4) is 11.5 Å². The van der Waals surface area contributed by atoms with Crippen LogP contribution in [0.3, 0.4) is 0 Å². The van der Waals surface area contributed by atoms with Gasteiger partial charge in [0.25, 0.3) is 11.7 Å². The number of carbonyl (C=O) groups excluding carboxylic acids is 2. The molecule has 5 rings (SSSR count).